The Hall–Kier alpha value is -0.770. The van der Waals surface area contributed by atoms with Gasteiger partial charge in [0.25, 0.3) is 5.91 Å². The summed E-state index contributed by atoms with van der Waals surface area (Å²) in [7, 11) is 0. The summed E-state index contributed by atoms with van der Waals surface area (Å²) < 4.78 is 0. The molecule has 0 bridgehead atoms. The molecule has 0 atom stereocenters. The molecule has 1 aromatic carbocycles. The van der Waals surface area contributed by atoms with Crippen molar-refractivity contribution >= 4 is 29.1 Å². The number of benzene rings is 1. The SMILES string of the molecule is CCC1(O)CN(C(=O)c2cc(Cl)cc(Cl)c2)C1. The lowest BCUT2D eigenvalue weighted by Gasteiger charge is -2.46. The number of amides is 1. The molecule has 0 spiro atoms. The first-order valence-corrected chi connectivity index (χ1v) is 6.17. The van der Waals surface area contributed by atoms with E-state index in [0.29, 0.717) is 35.1 Å². The second kappa shape index (κ2) is 4.48. The minimum Gasteiger partial charge on any atom is -0.386 e. The second-order valence-corrected chi connectivity index (χ2v) is 5.27. The smallest absolute Gasteiger partial charge is 0.254 e. The molecule has 0 aromatic heterocycles. The summed E-state index contributed by atoms with van der Waals surface area (Å²) in [6.45, 7) is 2.64. The third-order valence-electron chi connectivity index (χ3n) is 3.03. The Labute approximate surface area is 110 Å². The average Bonchev–Trinajstić information content (AvgIpc) is 2.22. The van der Waals surface area contributed by atoms with Crippen LogP contribution in [0.2, 0.25) is 10.0 Å². The second-order valence-electron chi connectivity index (χ2n) is 4.40. The summed E-state index contributed by atoms with van der Waals surface area (Å²) in [6, 6.07) is 4.75. The summed E-state index contributed by atoms with van der Waals surface area (Å²) in [5.74, 6) is -0.146. The minimum absolute atomic E-state index is 0.146. The molecule has 1 N–H and O–H groups in total. The van der Waals surface area contributed by atoms with E-state index in [2.05, 4.69) is 0 Å². The lowest BCUT2D eigenvalue weighted by Crippen LogP contribution is -2.63. The number of nitrogens with zero attached hydrogens (tertiary/aromatic N) is 1. The number of carbonyl (C=O) groups is 1. The van der Waals surface area contributed by atoms with Gasteiger partial charge in [-0.3, -0.25) is 4.79 Å². The van der Waals surface area contributed by atoms with Crippen LogP contribution in [-0.2, 0) is 0 Å². The number of likely N-dealkylation sites (tertiary alicyclic amines) is 1. The molecule has 2 rings (SSSR count). The number of rotatable bonds is 2. The number of hydrogen-bond donors (Lipinski definition) is 1. The van der Waals surface area contributed by atoms with E-state index < -0.39 is 5.60 Å². The van der Waals surface area contributed by atoms with E-state index in [1.807, 2.05) is 6.92 Å². The van der Waals surface area contributed by atoms with Gasteiger partial charge >= 0.3 is 0 Å². The van der Waals surface area contributed by atoms with Gasteiger partial charge in [-0.15, -0.1) is 0 Å². The van der Waals surface area contributed by atoms with E-state index in [0.717, 1.165) is 0 Å². The van der Waals surface area contributed by atoms with Crippen molar-refractivity contribution in [3.63, 3.8) is 0 Å². The van der Waals surface area contributed by atoms with Crippen LogP contribution in [0.15, 0.2) is 18.2 Å². The first-order valence-electron chi connectivity index (χ1n) is 5.41. The zero-order valence-electron chi connectivity index (χ0n) is 9.41. The van der Waals surface area contributed by atoms with Gasteiger partial charge in [0.15, 0.2) is 0 Å². The molecule has 0 unspecified atom stereocenters. The van der Waals surface area contributed by atoms with E-state index >= 15 is 0 Å². The van der Waals surface area contributed by atoms with E-state index in [4.69, 9.17) is 23.2 Å². The zero-order chi connectivity index (χ0) is 12.6. The number of carbonyl (C=O) groups excluding carboxylic acids is 1. The highest BCUT2D eigenvalue weighted by molar-refractivity contribution is 6.35. The first kappa shape index (κ1) is 12.7. The molecule has 0 saturated carbocycles. The van der Waals surface area contributed by atoms with Crippen molar-refractivity contribution in [3.05, 3.63) is 33.8 Å². The molecule has 1 heterocycles. The lowest BCUT2D eigenvalue weighted by atomic mass is 9.90. The van der Waals surface area contributed by atoms with E-state index in [1.165, 1.54) is 0 Å². The fourth-order valence-electron chi connectivity index (χ4n) is 1.89. The van der Waals surface area contributed by atoms with Gasteiger partial charge in [-0.25, -0.2) is 0 Å². The van der Waals surface area contributed by atoms with Crippen LogP contribution in [0.25, 0.3) is 0 Å². The van der Waals surface area contributed by atoms with Gasteiger partial charge in [0, 0.05) is 15.6 Å². The van der Waals surface area contributed by atoms with Crippen molar-refractivity contribution in [3.8, 4) is 0 Å². The molecule has 1 fully saturated rings. The van der Waals surface area contributed by atoms with Crippen molar-refractivity contribution in [1.82, 2.24) is 4.90 Å². The molecule has 5 heteroatoms. The number of halogens is 2. The predicted octanol–water partition coefficient (Wildman–Crippen LogP) is 2.59. The van der Waals surface area contributed by atoms with Crippen molar-refractivity contribution in [2.75, 3.05) is 13.1 Å². The Morgan fingerprint density at radius 2 is 1.88 bits per heavy atom. The van der Waals surface area contributed by atoms with Gasteiger partial charge in [-0.05, 0) is 24.6 Å². The Morgan fingerprint density at radius 3 is 2.35 bits per heavy atom. The Balaban J connectivity index is 2.11. The maximum Gasteiger partial charge on any atom is 0.254 e. The highest BCUT2D eigenvalue weighted by Crippen LogP contribution is 2.27. The number of aliphatic hydroxyl groups is 1. The topological polar surface area (TPSA) is 40.5 Å². The largest absolute Gasteiger partial charge is 0.386 e. The maximum absolute atomic E-state index is 12.0. The summed E-state index contributed by atoms with van der Waals surface area (Å²) in [6.07, 6.45) is 0.646. The highest BCUT2D eigenvalue weighted by Gasteiger charge is 2.42. The van der Waals surface area contributed by atoms with Crippen LogP contribution in [0.1, 0.15) is 23.7 Å². The molecule has 0 radical (unpaired) electrons. The van der Waals surface area contributed by atoms with Crippen LogP contribution in [0.4, 0.5) is 0 Å². The molecule has 17 heavy (non-hydrogen) atoms. The summed E-state index contributed by atoms with van der Waals surface area (Å²) in [5, 5.41) is 10.7. The minimum atomic E-state index is -0.724. The van der Waals surface area contributed by atoms with Gasteiger partial charge in [0.05, 0.1) is 18.7 Å². The van der Waals surface area contributed by atoms with Crippen molar-refractivity contribution in [2.24, 2.45) is 0 Å². The zero-order valence-corrected chi connectivity index (χ0v) is 10.9. The van der Waals surface area contributed by atoms with E-state index in [1.54, 1.807) is 23.1 Å². The average molecular weight is 274 g/mol. The molecule has 0 aliphatic carbocycles. The van der Waals surface area contributed by atoms with Crippen LogP contribution in [0.5, 0.6) is 0 Å². The summed E-state index contributed by atoms with van der Waals surface area (Å²) in [4.78, 5) is 13.6. The molecule has 1 aliphatic heterocycles. The first-order chi connectivity index (χ1) is 7.93. The molecular formula is C12H13Cl2NO2. The predicted molar refractivity (Wildman–Crippen MR) is 67.6 cm³/mol. The van der Waals surface area contributed by atoms with Crippen molar-refractivity contribution in [2.45, 2.75) is 18.9 Å². The molecule has 1 amide bonds. The molecule has 3 nitrogen and oxygen atoms in total. The Morgan fingerprint density at radius 1 is 1.35 bits per heavy atom. The van der Waals surface area contributed by atoms with E-state index in [-0.39, 0.29) is 5.91 Å². The molecule has 1 saturated heterocycles. The van der Waals surface area contributed by atoms with Crippen LogP contribution < -0.4 is 0 Å². The van der Waals surface area contributed by atoms with Crippen LogP contribution in [0, 0.1) is 0 Å². The maximum atomic E-state index is 12.0. The highest BCUT2D eigenvalue weighted by atomic mass is 35.5. The van der Waals surface area contributed by atoms with Gasteiger partial charge in [0.1, 0.15) is 0 Å². The van der Waals surface area contributed by atoms with Gasteiger partial charge in [0.2, 0.25) is 0 Å². The van der Waals surface area contributed by atoms with Crippen molar-refractivity contribution < 1.29 is 9.90 Å². The molecule has 1 aliphatic rings. The molecular weight excluding hydrogens is 261 g/mol. The molecule has 1 aromatic rings. The third kappa shape index (κ3) is 2.57. The Bertz CT molecular complexity index is 436. The molecule has 92 valence electrons. The number of hydrogen-bond acceptors (Lipinski definition) is 2. The van der Waals surface area contributed by atoms with Crippen LogP contribution in [0.3, 0.4) is 0 Å². The Kier molecular flexibility index (Phi) is 3.34. The van der Waals surface area contributed by atoms with Crippen LogP contribution in [-0.4, -0.2) is 34.6 Å². The van der Waals surface area contributed by atoms with Crippen molar-refractivity contribution in [1.29, 1.82) is 0 Å². The fourth-order valence-corrected chi connectivity index (χ4v) is 2.42. The third-order valence-corrected chi connectivity index (χ3v) is 3.46. The summed E-state index contributed by atoms with van der Waals surface area (Å²) in [5.41, 5.74) is -0.265. The quantitative estimate of drug-likeness (QED) is 0.900. The van der Waals surface area contributed by atoms with Crippen LogP contribution >= 0.6 is 23.2 Å². The number of β-amino-alcohol motifs (C(OH)–C–C–N with tert-alkyl or cyclic N) is 1. The van der Waals surface area contributed by atoms with Gasteiger partial charge in [-0.2, -0.15) is 0 Å². The lowest BCUT2D eigenvalue weighted by molar-refractivity contribution is -0.0826. The monoisotopic (exact) mass is 273 g/mol. The summed E-state index contributed by atoms with van der Waals surface area (Å²) >= 11 is 11.7. The normalized spacial score (nSPS) is 17.8. The van der Waals surface area contributed by atoms with Gasteiger partial charge in [-0.1, -0.05) is 30.1 Å². The standard InChI is InChI=1S/C12H13Cl2NO2/c1-2-12(17)6-15(7-12)11(16)8-3-9(13)5-10(14)4-8/h3-5,17H,2,6-7H2,1H3. The van der Waals surface area contributed by atoms with E-state index in [9.17, 15) is 9.90 Å². The fraction of sp³-hybridized carbons (Fsp3) is 0.417. The van der Waals surface area contributed by atoms with Gasteiger partial charge < -0.3 is 10.0 Å².